The highest BCUT2D eigenvalue weighted by molar-refractivity contribution is 5.99. The van der Waals surface area contributed by atoms with Gasteiger partial charge in [0.1, 0.15) is 17.3 Å². The minimum absolute atomic E-state index is 0.0288. The summed E-state index contributed by atoms with van der Waals surface area (Å²) in [4.78, 5) is 34.1. The molecule has 8 heteroatoms. The van der Waals surface area contributed by atoms with Crippen molar-refractivity contribution < 1.29 is 24.2 Å². The molecule has 5 rings (SSSR count). The van der Waals surface area contributed by atoms with Crippen molar-refractivity contribution in [1.82, 2.24) is 14.7 Å². The molecule has 41 heavy (non-hydrogen) atoms. The van der Waals surface area contributed by atoms with E-state index in [2.05, 4.69) is 4.90 Å². The molecule has 7 nitrogen and oxygen atoms in total. The number of carbonyl (C=O) groups is 2. The Kier molecular flexibility index (Phi) is 8.31. The Morgan fingerprint density at radius 2 is 1.71 bits per heavy atom. The second-order valence-corrected chi connectivity index (χ2v) is 11.6. The van der Waals surface area contributed by atoms with Crippen LogP contribution < -0.4 is 0 Å². The highest BCUT2D eigenvalue weighted by atomic mass is 19.1. The minimum atomic E-state index is -0.741. The van der Waals surface area contributed by atoms with Crippen LogP contribution in [0.25, 0.3) is 0 Å². The lowest BCUT2D eigenvalue weighted by molar-refractivity contribution is 0.0728. The second kappa shape index (κ2) is 11.9. The van der Waals surface area contributed by atoms with Crippen LogP contribution >= 0.6 is 0 Å². The molecule has 4 atom stereocenters. The summed E-state index contributed by atoms with van der Waals surface area (Å²) in [5.41, 5.74) is 2.05. The first kappa shape index (κ1) is 28.6. The van der Waals surface area contributed by atoms with Crippen molar-refractivity contribution in [3.05, 3.63) is 94.8 Å². The predicted octanol–water partition coefficient (Wildman–Crippen LogP) is 5.37. The van der Waals surface area contributed by atoms with Crippen LogP contribution in [-0.4, -0.2) is 83.0 Å². The van der Waals surface area contributed by atoms with Gasteiger partial charge in [0.25, 0.3) is 0 Å². The molecular formula is C33H38FN3O4. The lowest BCUT2D eigenvalue weighted by atomic mass is 9.67. The summed E-state index contributed by atoms with van der Waals surface area (Å²) in [6, 6.07) is 18.0. The van der Waals surface area contributed by atoms with E-state index >= 15 is 0 Å². The fraction of sp³-hybridized carbons (Fsp3) is 0.394. The number of aromatic hydroxyl groups is 2. The molecule has 3 aromatic rings. The third-order valence-electron chi connectivity index (χ3n) is 8.64. The van der Waals surface area contributed by atoms with E-state index in [9.17, 15) is 24.2 Å². The molecule has 0 radical (unpaired) electrons. The Morgan fingerprint density at radius 3 is 2.44 bits per heavy atom. The zero-order chi connectivity index (χ0) is 29.3. The Bertz CT molecular complexity index is 1430. The van der Waals surface area contributed by atoms with Gasteiger partial charge in [0.05, 0.1) is 0 Å². The molecule has 2 N–H and O–H groups in total. The summed E-state index contributed by atoms with van der Waals surface area (Å²) in [5, 5.41) is 21.2. The SMILES string of the molecule is Cc1c(F)cccc1[C@H]1[C@@H](C(=O)c2cccc(O)c2)CN(C(=O)N2CCC[C@H]2CN(C)C)C[C@@H]1c1ccccc1O. The number of carbonyl (C=O) groups excluding carboxylic acids is 2. The Labute approximate surface area is 240 Å². The smallest absolute Gasteiger partial charge is 0.320 e. The fourth-order valence-corrected chi connectivity index (χ4v) is 6.72. The van der Waals surface area contributed by atoms with E-state index in [0.717, 1.165) is 19.4 Å². The molecule has 2 saturated heterocycles. The van der Waals surface area contributed by atoms with Crippen molar-refractivity contribution in [2.45, 2.75) is 37.6 Å². The number of hydrogen-bond acceptors (Lipinski definition) is 5. The van der Waals surface area contributed by atoms with Gasteiger partial charge >= 0.3 is 6.03 Å². The highest BCUT2D eigenvalue weighted by Crippen LogP contribution is 2.48. The summed E-state index contributed by atoms with van der Waals surface area (Å²) in [6.45, 7) is 3.51. The number of ketones is 1. The van der Waals surface area contributed by atoms with Gasteiger partial charge < -0.3 is 24.9 Å². The van der Waals surface area contributed by atoms with E-state index in [0.29, 0.717) is 28.8 Å². The molecule has 0 saturated carbocycles. The van der Waals surface area contributed by atoms with Crippen LogP contribution in [-0.2, 0) is 0 Å². The maximum Gasteiger partial charge on any atom is 0.320 e. The van der Waals surface area contributed by atoms with Crippen molar-refractivity contribution in [2.75, 3.05) is 40.3 Å². The molecule has 2 aliphatic rings. The van der Waals surface area contributed by atoms with Gasteiger partial charge in [-0.05, 0) is 74.8 Å². The average molecular weight is 560 g/mol. The number of para-hydroxylation sites is 1. The number of benzene rings is 3. The molecule has 0 bridgehead atoms. The second-order valence-electron chi connectivity index (χ2n) is 11.6. The van der Waals surface area contributed by atoms with Crippen LogP contribution in [0.1, 0.15) is 51.7 Å². The van der Waals surface area contributed by atoms with Gasteiger partial charge in [-0.2, -0.15) is 0 Å². The number of halogens is 1. The number of Topliss-reactive ketones (excluding diaryl/α,β-unsaturated/α-hetero) is 1. The van der Waals surface area contributed by atoms with Crippen molar-refractivity contribution in [2.24, 2.45) is 5.92 Å². The molecule has 0 aliphatic carbocycles. The van der Waals surface area contributed by atoms with Gasteiger partial charge in [0.15, 0.2) is 5.78 Å². The van der Waals surface area contributed by atoms with Gasteiger partial charge in [-0.1, -0.05) is 42.5 Å². The number of urea groups is 1. The molecule has 3 aromatic carbocycles. The maximum absolute atomic E-state index is 15.0. The summed E-state index contributed by atoms with van der Waals surface area (Å²) < 4.78 is 15.0. The first-order chi connectivity index (χ1) is 19.7. The number of nitrogens with zero attached hydrogens (tertiary/aromatic N) is 3. The highest BCUT2D eigenvalue weighted by Gasteiger charge is 2.46. The largest absolute Gasteiger partial charge is 0.508 e. The zero-order valence-corrected chi connectivity index (χ0v) is 23.8. The number of phenols is 2. The van der Waals surface area contributed by atoms with Crippen LogP contribution in [0.3, 0.4) is 0 Å². The summed E-state index contributed by atoms with van der Waals surface area (Å²) in [5.74, 6) is -2.30. The molecule has 0 spiro atoms. The van der Waals surface area contributed by atoms with E-state index in [1.807, 2.05) is 37.2 Å². The first-order valence-electron chi connectivity index (χ1n) is 14.2. The summed E-state index contributed by atoms with van der Waals surface area (Å²) >= 11 is 0. The van der Waals surface area contributed by atoms with Gasteiger partial charge in [-0.15, -0.1) is 0 Å². The topological polar surface area (TPSA) is 84.3 Å². The molecule has 2 amide bonds. The van der Waals surface area contributed by atoms with Crippen molar-refractivity contribution in [1.29, 1.82) is 0 Å². The molecule has 2 heterocycles. The van der Waals surface area contributed by atoms with Gasteiger partial charge in [-0.3, -0.25) is 4.79 Å². The molecule has 216 valence electrons. The number of piperidine rings is 1. The standard InChI is InChI=1S/C33H38FN3O4/c1-21-25(13-7-14-29(21)34)31-27(26-12-4-5-15-30(26)39)19-36(33(41)37-16-8-10-23(37)18-35(2)3)20-28(31)32(40)22-9-6-11-24(38)17-22/h4-7,9,11-15,17,23,27-28,31,38-39H,8,10,16,18-20H2,1-3H3/t23-,27+,28-,31+/m0/s1. The lowest BCUT2D eigenvalue weighted by Crippen LogP contribution is -2.55. The van der Waals surface area contributed by atoms with E-state index in [1.54, 1.807) is 42.2 Å². The normalized spacial score (nSPS) is 22.8. The van der Waals surface area contributed by atoms with Crippen LogP contribution in [0.5, 0.6) is 11.5 Å². The van der Waals surface area contributed by atoms with Gasteiger partial charge in [0, 0.05) is 55.5 Å². The first-order valence-corrected chi connectivity index (χ1v) is 14.2. The van der Waals surface area contributed by atoms with E-state index < -0.39 is 17.8 Å². The maximum atomic E-state index is 15.0. The van der Waals surface area contributed by atoms with Gasteiger partial charge in [-0.25, -0.2) is 9.18 Å². The van der Waals surface area contributed by atoms with Crippen molar-refractivity contribution in [3.63, 3.8) is 0 Å². The number of phenolic OH excluding ortho intramolecular Hbond substituents is 2. The molecule has 0 unspecified atom stereocenters. The van der Waals surface area contributed by atoms with Crippen LogP contribution in [0.15, 0.2) is 66.7 Å². The number of likely N-dealkylation sites (N-methyl/N-ethyl adjacent to an activating group) is 1. The van der Waals surface area contributed by atoms with E-state index in [4.69, 9.17) is 0 Å². The number of hydrogen-bond donors (Lipinski definition) is 2. The molecule has 0 aromatic heterocycles. The van der Waals surface area contributed by atoms with Crippen molar-refractivity contribution >= 4 is 11.8 Å². The predicted molar refractivity (Wildman–Crippen MR) is 156 cm³/mol. The fourth-order valence-electron chi connectivity index (χ4n) is 6.72. The number of likely N-dealkylation sites (tertiary alicyclic amines) is 2. The summed E-state index contributed by atoms with van der Waals surface area (Å²) in [7, 11) is 3.98. The average Bonchev–Trinajstić information content (AvgIpc) is 3.41. The Hall–Kier alpha value is -3.91. The Morgan fingerprint density at radius 1 is 0.976 bits per heavy atom. The number of rotatable bonds is 6. The lowest BCUT2D eigenvalue weighted by Gasteiger charge is -2.46. The minimum Gasteiger partial charge on any atom is -0.508 e. The van der Waals surface area contributed by atoms with E-state index in [1.165, 1.54) is 18.2 Å². The quantitative estimate of drug-likeness (QED) is 0.397. The molecule has 2 aliphatic heterocycles. The Balaban J connectivity index is 1.63. The molecule has 2 fully saturated rings. The van der Waals surface area contributed by atoms with Crippen LogP contribution in [0.4, 0.5) is 9.18 Å². The van der Waals surface area contributed by atoms with Crippen LogP contribution in [0, 0.1) is 18.7 Å². The third kappa shape index (κ3) is 5.79. The van der Waals surface area contributed by atoms with E-state index in [-0.39, 0.29) is 48.3 Å². The van der Waals surface area contributed by atoms with Gasteiger partial charge in [0.2, 0.25) is 0 Å². The van der Waals surface area contributed by atoms with Crippen molar-refractivity contribution in [3.8, 4) is 11.5 Å². The third-order valence-corrected chi connectivity index (χ3v) is 8.64. The number of amides is 2. The molecular weight excluding hydrogens is 521 g/mol. The monoisotopic (exact) mass is 559 g/mol. The zero-order valence-electron chi connectivity index (χ0n) is 23.8. The summed E-state index contributed by atoms with van der Waals surface area (Å²) in [6.07, 6.45) is 1.83. The van der Waals surface area contributed by atoms with Crippen LogP contribution in [0.2, 0.25) is 0 Å².